The molecular formula is C19H23NO. The Morgan fingerprint density at radius 1 is 0.857 bits per heavy atom. The largest absolute Gasteiger partial charge is 0.508 e. The van der Waals surface area contributed by atoms with E-state index in [9.17, 15) is 5.11 Å². The zero-order valence-electron chi connectivity index (χ0n) is 12.4. The van der Waals surface area contributed by atoms with E-state index < -0.39 is 0 Å². The van der Waals surface area contributed by atoms with Gasteiger partial charge in [-0.3, -0.25) is 4.90 Å². The number of hydrogen-bond donors (Lipinski definition) is 1. The Kier molecular flexibility index (Phi) is 4.56. The minimum atomic E-state index is 0.343. The molecule has 1 saturated heterocycles. The van der Waals surface area contributed by atoms with Crippen LogP contribution < -0.4 is 0 Å². The topological polar surface area (TPSA) is 23.5 Å². The normalized spacial score (nSPS) is 17.5. The van der Waals surface area contributed by atoms with Crippen molar-refractivity contribution in [1.29, 1.82) is 0 Å². The molecule has 1 heterocycles. The number of rotatable bonds is 4. The van der Waals surface area contributed by atoms with Gasteiger partial charge in [-0.05, 0) is 55.6 Å². The molecule has 1 N–H and O–H groups in total. The van der Waals surface area contributed by atoms with Crippen molar-refractivity contribution in [2.75, 3.05) is 13.1 Å². The number of piperidine rings is 1. The smallest absolute Gasteiger partial charge is 0.115 e. The van der Waals surface area contributed by atoms with Crippen LogP contribution >= 0.6 is 0 Å². The molecule has 21 heavy (non-hydrogen) atoms. The first-order chi connectivity index (χ1) is 10.3. The summed E-state index contributed by atoms with van der Waals surface area (Å²) in [6.45, 7) is 2.36. The second kappa shape index (κ2) is 6.77. The summed E-state index contributed by atoms with van der Waals surface area (Å²) in [5.74, 6) is 0.343. The Labute approximate surface area is 127 Å². The first-order valence-electron chi connectivity index (χ1n) is 7.90. The Balaban J connectivity index is 1.84. The van der Waals surface area contributed by atoms with Gasteiger partial charge in [0, 0.05) is 6.04 Å². The average Bonchev–Trinajstić information content (AvgIpc) is 2.55. The highest BCUT2D eigenvalue weighted by molar-refractivity contribution is 5.30. The quantitative estimate of drug-likeness (QED) is 0.909. The second-order valence-corrected chi connectivity index (χ2v) is 5.89. The van der Waals surface area contributed by atoms with Crippen LogP contribution in [-0.4, -0.2) is 23.1 Å². The molecule has 0 aromatic heterocycles. The summed E-state index contributed by atoms with van der Waals surface area (Å²) in [6.07, 6.45) is 4.97. The van der Waals surface area contributed by atoms with Gasteiger partial charge in [0.1, 0.15) is 5.75 Å². The van der Waals surface area contributed by atoms with Gasteiger partial charge in [-0.1, -0.05) is 48.9 Å². The van der Waals surface area contributed by atoms with Crippen LogP contribution in [0.1, 0.15) is 36.4 Å². The van der Waals surface area contributed by atoms with Gasteiger partial charge in [-0.15, -0.1) is 0 Å². The molecule has 0 saturated carbocycles. The minimum Gasteiger partial charge on any atom is -0.508 e. The van der Waals surface area contributed by atoms with E-state index in [0.29, 0.717) is 11.8 Å². The maximum Gasteiger partial charge on any atom is 0.115 e. The Morgan fingerprint density at radius 3 is 2.19 bits per heavy atom. The monoisotopic (exact) mass is 281 g/mol. The molecule has 3 rings (SSSR count). The predicted molar refractivity (Wildman–Crippen MR) is 86.4 cm³/mol. The standard InChI is InChI=1S/C19H23NO/c21-18-11-9-17(10-12-18)19(20-13-5-2-6-14-20)15-16-7-3-1-4-8-16/h1,3-4,7-12,19,21H,2,5-6,13-15H2. The van der Waals surface area contributed by atoms with Gasteiger partial charge >= 0.3 is 0 Å². The van der Waals surface area contributed by atoms with E-state index in [1.54, 1.807) is 12.1 Å². The molecular weight excluding hydrogens is 258 g/mol. The van der Waals surface area contributed by atoms with Crippen molar-refractivity contribution in [1.82, 2.24) is 4.90 Å². The highest BCUT2D eigenvalue weighted by Crippen LogP contribution is 2.29. The van der Waals surface area contributed by atoms with Crippen LogP contribution in [0.2, 0.25) is 0 Å². The van der Waals surface area contributed by atoms with Gasteiger partial charge in [0.05, 0.1) is 0 Å². The molecule has 0 amide bonds. The summed E-state index contributed by atoms with van der Waals surface area (Å²) in [7, 11) is 0. The molecule has 1 aliphatic rings. The molecule has 2 nitrogen and oxygen atoms in total. The van der Waals surface area contributed by atoms with Crippen molar-refractivity contribution in [2.45, 2.75) is 31.7 Å². The third kappa shape index (κ3) is 3.64. The number of benzene rings is 2. The number of phenols is 1. The number of nitrogens with zero attached hydrogens (tertiary/aromatic N) is 1. The second-order valence-electron chi connectivity index (χ2n) is 5.89. The molecule has 2 aromatic carbocycles. The van der Waals surface area contributed by atoms with Crippen LogP contribution in [0.3, 0.4) is 0 Å². The maximum absolute atomic E-state index is 9.52. The minimum absolute atomic E-state index is 0.343. The third-order valence-electron chi connectivity index (χ3n) is 4.38. The molecule has 0 radical (unpaired) electrons. The molecule has 0 aliphatic carbocycles. The van der Waals surface area contributed by atoms with Crippen molar-refractivity contribution in [2.24, 2.45) is 0 Å². The molecule has 0 spiro atoms. The summed E-state index contributed by atoms with van der Waals surface area (Å²) in [4.78, 5) is 2.60. The van der Waals surface area contributed by atoms with Crippen LogP contribution in [0.4, 0.5) is 0 Å². The Bertz CT molecular complexity index is 544. The van der Waals surface area contributed by atoms with Crippen LogP contribution in [0, 0.1) is 0 Å². The van der Waals surface area contributed by atoms with E-state index in [4.69, 9.17) is 0 Å². The van der Waals surface area contributed by atoms with E-state index in [0.717, 1.165) is 6.42 Å². The van der Waals surface area contributed by atoms with E-state index in [2.05, 4.69) is 47.4 Å². The van der Waals surface area contributed by atoms with E-state index in [1.165, 1.54) is 43.5 Å². The molecule has 1 fully saturated rings. The van der Waals surface area contributed by atoms with Gasteiger partial charge < -0.3 is 5.11 Å². The summed E-state index contributed by atoms with van der Waals surface area (Å²) in [5.41, 5.74) is 2.68. The third-order valence-corrected chi connectivity index (χ3v) is 4.38. The lowest BCUT2D eigenvalue weighted by molar-refractivity contribution is 0.162. The number of phenolic OH excluding ortho intramolecular Hbond substituents is 1. The lowest BCUT2D eigenvalue weighted by Crippen LogP contribution is -2.34. The van der Waals surface area contributed by atoms with Gasteiger partial charge in [0.15, 0.2) is 0 Å². The first-order valence-corrected chi connectivity index (χ1v) is 7.90. The number of aromatic hydroxyl groups is 1. The predicted octanol–water partition coefficient (Wildman–Crippen LogP) is 4.16. The van der Waals surface area contributed by atoms with Crippen molar-refractivity contribution < 1.29 is 5.11 Å². The molecule has 1 unspecified atom stereocenters. The van der Waals surface area contributed by atoms with E-state index in [1.807, 2.05) is 0 Å². The van der Waals surface area contributed by atoms with Crippen molar-refractivity contribution in [3.63, 3.8) is 0 Å². The molecule has 110 valence electrons. The van der Waals surface area contributed by atoms with Gasteiger partial charge in [-0.25, -0.2) is 0 Å². The summed E-state index contributed by atoms with van der Waals surface area (Å²) < 4.78 is 0. The van der Waals surface area contributed by atoms with E-state index in [-0.39, 0.29) is 0 Å². The molecule has 0 bridgehead atoms. The van der Waals surface area contributed by atoms with Crippen LogP contribution in [0.25, 0.3) is 0 Å². The summed E-state index contributed by atoms with van der Waals surface area (Å²) >= 11 is 0. The molecule has 1 aliphatic heterocycles. The zero-order valence-corrected chi connectivity index (χ0v) is 12.4. The fourth-order valence-corrected chi connectivity index (χ4v) is 3.22. The van der Waals surface area contributed by atoms with Crippen molar-refractivity contribution in [3.05, 3.63) is 65.7 Å². The van der Waals surface area contributed by atoms with Crippen LogP contribution in [-0.2, 0) is 6.42 Å². The SMILES string of the molecule is Oc1ccc(C(Cc2ccccc2)N2CCCCC2)cc1. The fourth-order valence-electron chi connectivity index (χ4n) is 3.22. The van der Waals surface area contributed by atoms with Crippen LogP contribution in [0.15, 0.2) is 54.6 Å². The highest BCUT2D eigenvalue weighted by Gasteiger charge is 2.22. The molecule has 2 aromatic rings. The fraction of sp³-hybridized carbons (Fsp3) is 0.368. The lowest BCUT2D eigenvalue weighted by Gasteiger charge is -2.35. The maximum atomic E-state index is 9.52. The number of hydrogen-bond acceptors (Lipinski definition) is 2. The molecule has 2 heteroatoms. The zero-order chi connectivity index (χ0) is 14.5. The van der Waals surface area contributed by atoms with Crippen molar-refractivity contribution >= 4 is 0 Å². The first kappa shape index (κ1) is 14.2. The highest BCUT2D eigenvalue weighted by atomic mass is 16.3. The van der Waals surface area contributed by atoms with Gasteiger partial charge in [-0.2, -0.15) is 0 Å². The molecule has 1 atom stereocenters. The summed E-state index contributed by atoms with van der Waals surface area (Å²) in [5, 5.41) is 9.52. The lowest BCUT2D eigenvalue weighted by atomic mass is 9.95. The Hall–Kier alpha value is -1.80. The average molecular weight is 281 g/mol. The van der Waals surface area contributed by atoms with E-state index >= 15 is 0 Å². The van der Waals surface area contributed by atoms with Gasteiger partial charge in [0.2, 0.25) is 0 Å². The number of likely N-dealkylation sites (tertiary alicyclic amines) is 1. The van der Waals surface area contributed by atoms with Crippen LogP contribution in [0.5, 0.6) is 5.75 Å². The summed E-state index contributed by atoms with van der Waals surface area (Å²) in [6, 6.07) is 18.9. The van der Waals surface area contributed by atoms with Gasteiger partial charge in [0.25, 0.3) is 0 Å². The van der Waals surface area contributed by atoms with Crippen molar-refractivity contribution in [3.8, 4) is 5.75 Å². The Morgan fingerprint density at radius 2 is 1.52 bits per heavy atom.